The molecule has 0 saturated heterocycles. The largest absolute Gasteiger partial charge is 0.512 e. The molecule has 0 aromatic carbocycles. The first-order valence-electron chi connectivity index (χ1n) is 7.47. The van der Waals surface area contributed by atoms with E-state index in [2.05, 4.69) is 9.72 Å². The van der Waals surface area contributed by atoms with E-state index in [0.717, 1.165) is 0 Å². The molecule has 12 heteroatoms. The number of alkyl halides is 6. The van der Waals surface area contributed by atoms with Gasteiger partial charge in [-0.15, -0.1) is 0 Å². The Balaban J connectivity index is 2.28. The average molecular weight is 400 g/mol. The number of hydrogen-bond donors (Lipinski definition) is 1. The zero-order chi connectivity index (χ0) is 20.6. The number of ether oxygens (including phenoxy) is 2. The number of carboxylic acid groups (broad SMARTS) is 1. The van der Waals surface area contributed by atoms with E-state index in [9.17, 15) is 31.1 Å². The van der Waals surface area contributed by atoms with Crippen molar-refractivity contribution < 1.29 is 45.7 Å². The lowest BCUT2D eigenvalue weighted by Gasteiger charge is -2.22. The zero-order valence-electron chi connectivity index (χ0n) is 14.0. The van der Waals surface area contributed by atoms with Crippen LogP contribution >= 0.6 is 0 Å². The molecule has 2 aromatic rings. The summed E-state index contributed by atoms with van der Waals surface area (Å²) < 4.78 is 86.3. The van der Waals surface area contributed by atoms with Gasteiger partial charge in [0.15, 0.2) is 17.3 Å². The molecule has 6 nitrogen and oxygen atoms in total. The summed E-state index contributed by atoms with van der Waals surface area (Å²) in [5, 5.41) is 8.76. The molecule has 150 valence electrons. The Morgan fingerprint density at radius 1 is 1.22 bits per heavy atom. The summed E-state index contributed by atoms with van der Waals surface area (Å²) in [6.45, 7) is 2.12. The SMILES string of the molecule is Cc1cc(OCCC(C(F)(F)F)C(F)(F)F)c2nc(C)c(OC(=O)O)n2c1. The van der Waals surface area contributed by atoms with Gasteiger partial charge in [0, 0.05) is 12.6 Å². The van der Waals surface area contributed by atoms with Crippen LogP contribution in [0.4, 0.5) is 31.1 Å². The number of aromatic nitrogens is 2. The van der Waals surface area contributed by atoms with E-state index in [0.29, 0.717) is 5.56 Å². The first-order chi connectivity index (χ1) is 12.3. The fourth-order valence-corrected chi connectivity index (χ4v) is 2.45. The van der Waals surface area contributed by atoms with Gasteiger partial charge in [0.1, 0.15) is 5.69 Å². The minimum Gasteiger partial charge on any atom is -0.490 e. The summed E-state index contributed by atoms with van der Waals surface area (Å²) in [4.78, 5) is 14.8. The lowest BCUT2D eigenvalue weighted by atomic mass is 10.1. The van der Waals surface area contributed by atoms with Crippen LogP contribution in [0.25, 0.3) is 5.65 Å². The maximum Gasteiger partial charge on any atom is 0.512 e. The summed E-state index contributed by atoms with van der Waals surface area (Å²) >= 11 is 0. The molecule has 2 heterocycles. The van der Waals surface area contributed by atoms with Gasteiger partial charge >= 0.3 is 18.5 Å². The Hall–Kier alpha value is -2.66. The predicted molar refractivity (Wildman–Crippen MR) is 79.0 cm³/mol. The summed E-state index contributed by atoms with van der Waals surface area (Å²) in [5.74, 6) is -3.77. The normalized spacial score (nSPS) is 12.6. The molecule has 0 radical (unpaired) electrons. The Labute approximate surface area is 148 Å². The summed E-state index contributed by atoms with van der Waals surface area (Å²) in [6.07, 6.45) is -12.4. The van der Waals surface area contributed by atoms with Gasteiger partial charge in [0.25, 0.3) is 0 Å². The second-order valence-corrected chi connectivity index (χ2v) is 5.72. The number of carbonyl (C=O) groups is 1. The summed E-state index contributed by atoms with van der Waals surface area (Å²) in [5.41, 5.74) is 0.648. The molecule has 0 fully saturated rings. The van der Waals surface area contributed by atoms with Crippen molar-refractivity contribution in [3.8, 4) is 11.6 Å². The Bertz CT molecular complexity index is 829. The van der Waals surface area contributed by atoms with E-state index in [-0.39, 0.29) is 23.0 Å². The van der Waals surface area contributed by atoms with Crippen LogP contribution in [0.15, 0.2) is 12.3 Å². The second kappa shape index (κ2) is 7.16. The maximum atomic E-state index is 12.6. The smallest absolute Gasteiger partial charge is 0.490 e. The molecule has 0 aliphatic rings. The number of halogens is 6. The first kappa shape index (κ1) is 20.6. The average Bonchev–Trinajstić information content (AvgIpc) is 2.77. The number of imidazole rings is 1. The molecule has 1 N–H and O–H groups in total. The molecular formula is C15H14F6N2O4. The molecule has 0 spiro atoms. The molecule has 2 rings (SSSR count). The van der Waals surface area contributed by atoms with E-state index in [1.54, 1.807) is 6.92 Å². The number of pyridine rings is 1. The summed E-state index contributed by atoms with van der Waals surface area (Å²) in [7, 11) is 0. The monoisotopic (exact) mass is 400 g/mol. The Morgan fingerprint density at radius 2 is 1.81 bits per heavy atom. The van der Waals surface area contributed by atoms with E-state index in [1.165, 1.54) is 23.6 Å². The van der Waals surface area contributed by atoms with E-state index in [4.69, 9.17) is 9.84 Å². The van der Waals surface area contributed by atoms with Crippen LogP contribution in [-0.2, 0) is 0 Å². The molecular weight excluding hydrogens is 386 g/mol. The number of hydrogen-bond acceptors (Lipinski definition) is 4. The van der Waals surface area contributed by atoms with Gasteiger partial charge in [-0.25, -0.2) is 9.78 Å². The van der Waals surface area contributed by atoms with Crippen molar-refractivity contribution in [3.63, 3.8) is 0 Å². The van der Waals surface area contributed by atoms with Crippen molar-refractivity contribution in [3.05, 3.63) is 23.5 Å². The van der Waals surface area contributed by atoms with Gasteiger partial charge in [0.2, 0.25) is 5.88 Å². The number of nitrogens with zero attached hydrogens (tertiary/aromatic N) is 2. The molecule has 0 aliphatic carbocycles. The van der Waals surface area contributed by atoms with Crippen LogP contribution in [0.1, 0.15) is 17.7 Å². The van der Waals surface area contributed by atoms with E-state index >= 15 is 0 Å². The minimum absolute atomic E-state index is 0.00455. The molecule has 0 amide bonds. The third-order valence-corrected chi connectivity index (χ3v) is 3.58. The van der Waals surface area contributed by atoms with Crippen LogP contribution in [0, 0.1) is 19.8 Å². The maximum absolute atomic E-state index is 12.6. The lowest BCUT2D eigenvalue weighted by Crippen LogP contribution is -2.37. The predicted octanol–water partition coefficient (Wildman–Crippen LogP) is 4.52. The molecule has 0 unspecified atom stereocenters. The fourth-order valence-electron chi connectivity index (χ4n) is 2.45. The van der Waals surface area contributed by atoms with Crippen molar-refractivity contribution in [2.24, 2.45) is 5.92 Å². The molecule has 0 bridgehead atoms. The van der Waals surface area contributed by atoms with E-state index in [1.807, 2.05) is 0 Å². The number of fused-ring (bicyclic) bond motifs is 1. The highest BCUT2D eigenvalue weighted by atomic mass is 19.4. The van der Waals surface area contributed by atoms with Crippen LogP contribution in [0.3, 0.4) is 0 Å². The van der Waals surface area contributed by atoms with Gasteiger partial charge in [-0.05, 0) is 25.5 Å². The first-order valence-corrected chi connectivity index (χ1v) is 7.47. The van der Waals surface area contributed by atoms with Crippen molar-refractivity contribution in [1.82, 2.24) is 9.38 Å². The lowest BCUT2D eigenvalue weighted by molar-refractivity contribution is -0.286. The third kappa shape index (κ3) is 4.74. The van der Waals surface area contributed by atoms with Gasteiger partial charge in [0.05, 0.1) is 6.61 Å². The highest BCUT2D eigenvalue weighted by molar-refractivity contribution is 5.64. The highest BCUT2D eigenvalue weighted by Gasteiger charge is 2.56. The quantitative estimate of drug-likeness (QED) is 0.590. The number of aryl methyl sites for hydroxylation is 2. The highest BCUT2D eigenvalue weighted by Crippen LogP contribution is 2.41. The third-order valence-electron chi connectivity index (χ3n) is 3.58. The van der Waals surface area contributed by atoms with Crippen molar-refractivity contribution in [2.75, 3.05) is 6.61 Å². The number of rotatable bonds is 5. The molecule has 27 heavy (non-hydrogen) atoms. The van der Waals surface area contributed by atoms with Crippen LogP contribution < -0.4 is 9.47 Å². The Kier molecular flexibility index (Phi) is 5.47. The van der Waals surface area contributed by atoms with Crippen molar-refractivity contribution >= 4 is 11.8 Å². The van der Waals surface area contributed by atoms with Crippen LogP contribution in [0.2, 0.25) is 0 Å². The van der Waals surface area contributed by atoms with Crippen LogP contribution in [-0.4, -0.2) is 39.6 Å². The molecule has 2 aromatic heterocycles. The van der Waals surface area contributed by atoms with Gasteiger partial charge < -0.3 is 14.6 Å². The zero-order valence-corrected chi connectivity index (χ0v) is 14.0. The summed E-state index contributed by atoms with van der Waals surface area (Å²) in [6, 6.07) is 1.36. The van der Waals surface area contributed by atoms with Crippen molar-refractivity contribution in [1.29, 1.82) is 0 Å². The molecule has 0 aliphatic heterocycles. The van der Waals surface area contributed by atoms with Gasteiger partial charge in [-0.1, -0.05) is 0 Å². The van der Waals surface area contributed by atoms with Gasteiger partial charge in [-0.2, -0.15) is 26.3 Å². The van der Waals surface area contributed by atoms with Crippen molar-refractivity contribution in [2.45, 2.75) is 32.6 Å². The second-order valence-electron chi connectivity index (χ2n) is 5.72. The molecule has 0 saturated carbocycles. The minimum atomic E-state index is -5.45. The topological polar surface area (TPSA) is 73.1 Å². The van der Waals surface area contributed by atoms with Gasteiger partial charge in [-0.3, -0.25) is 4.40 Å². The molecule has 0 atom stereocenters. The van der Waals surface area contributed by atoms with E-state index < -0.39 is 37.5 Å². The standard InChI is InChI=1S/C15H14F6N2O4/c1-7-5-9(26-4-3-10(14(16,17)18)15(19,20)21)11-22-8(2)12(23(11)6-7)27-13(24)25/h5-6,10H,3-4H2,1-2H3,(H,24,25). The fraction of sp³-hybridized carbons (Fsp3) is 0.467. The Morgan fingerprint density at radius 3 is 2.33 bits per heavy atom. The van der Waals surface area contributed by atoms with Crippen LogP contribution in [0.5, 0.6) is 11.6 Å².